The SMILES string of the molecule is CC(C)(C)c1[c-]ccc(C(C)(C)C)c1C(C)(C)C.CC(C)(C)c1[c-]ccc(C(C)(C)C)c1C(C)(C)C.[Pd+2]. The molecule has 0 spiro atoms. The molecule has 1 heteroatoms. The maximum Gasteiger partial charge on any atom is 2.00 e. The molecule has 0 heterocycles. The Morgan fingerprint density at radius 3 is 0.784 bits per heavy atom. The second-order valence-corrected chi connectivity index (χ2v) is 16.8. The normalized spacial score (nSPS) is 13.5. The summed E-state index contributed by atoms with van der Waals surface area (Å²) in [6, 6.07) is 15.7. The molecule has 0 fully saturated rings. The second kappa shape index (κ2) is 11.7. The average Bonchev–Trinajstić information content (AvgIpc) is 2.63. The standard InChI is InChI=1S/2C18H29.Pd/c2*1-16(2,3)13-11-10-12-14(17(4,5)6)15(13)18(7,8)9;/h2*10-11H,1-9H3;/q2*-1;+2. The van der Waals surface area contributed by atoms with E-state index in [4.69, 9.17) is 0 Å². The van der Waals surface area contributed by atoms with Gasteiger partial charge in [-0.3, -0.25) is 0 Å². The molecule has 0 radical (unpaired) electrons. The van der Waals surface area contributed by atoms with Gasteiger partial charge in [0.05, 0.1) is 0 Å². The van der Waals surface area contributed by atoms with Crippen LogP contribution >= 0.6 is 0 Å². The summed E-state index contributed by atoms with van der Waals surface area (Å²) in [6.07, 6.45) is 0. The summed E-state index contributed by atoms with van der Waals surface area (Å²) in [5.74, 6) is 0. The van der Waals surface area contributed by atoms with Crippen LogP contribution in [0.3, 0.4) is 0 Å². The van der Waals surface area contributed by atoms with Gasteiger partial charge in [0.25, 0.3) is 0 Å². The van der Waals surface area contributed by atoms with Gasteiger partial charge in [-0.1, -0.05) is 135 Å². The largest absolute Gasteiger partial charge is 2.00 e. The number of hydrogen-bond acceptors (Lipinski definition) is 0. The summed E-state index contributed by atoms with van der Waals surface area (Å²) in [7, 11) is 0. The Morgan fingerprint density at radius 1 is 0.378 bits per heavy atom. The van der Waals surface area contributed by atoms with Crippen molar-refractivity contribution in [3.8, 4) is 0 Å². The van der Waals surface area contributed by atoms with E-state index in [1.165, 1.54) is 33.4 Å². The molecule has 0 aliphatic carbocycles. The molecule has 0 nitrogen and oxygen atoms in total. The summed E-state index contributed by atoms with van der Waals surface area (Å²) >= 11 is 0. The topological polar surface area (TPSA) is 0 Å². The fraction of sp³-hybridized carbons (Fsp3) is 0.667. The van der Waals surface area contributed by atoms with Gasteiger partial charge in [-0.05, 0) is 21.7 Å². The number of rotatable bonds is 0. The van der Waals surface area contributed by atoms with Gasteiger partial charge in [-0.2, -0.15) is 47.5 Å². The molecule has 0 N–H and O–H groups in total. The van der Waals surface area contributed by atoms with E-state index in [1.54, 1.807) is 0 Å². The van der Waals surface area contributed by atoms with E-state index in [0.717, 1.165) is 0 Å². The Hall–Kier alpha value is -0.898. The first-order chi connectivity index (χ1) is 15.7. The predicted molar refractivity (Wildman–Crippen MR) is 163 cm³/mol. The van der Waals surface area contributed by atoms with Crippen molar-refractivity contribution in [2.45, 2.75) is 157 Å². The fourth-order valence-corrected chi connectivity index (χ4v) is 4.99. The Kier molecular flexibility index (Phi) is 11.4. The molecule has 0 aliphatic heterocycles. The molecule has 0 atom stereocenters. The minimum Gasteiger partial charge on any atom is -0.180 e. The van der Waals surface area contributed by atoms with E-state index < -0.39 is 0 Å². The molecule has 0 saturated carbocycles. The van der Waals surface area contributed by atoms with Crippen LogP contribution in [0.1, 0.15) is 158 Å². The van der Waals surface area contributed by atoms with E-state index in [-0.39, 0.29) is 52.9 Å². The molecule has 0 saturated heterocycles. The van der Waals surface area contributed by atoms with Gasteiger partial charge in [0.15, 0.2) is 0 Å². The van der Waals surface area contributed by atoms with Crippen LogP contribution in [0.4, 0.5) is 0 Å². The summed E-state index contributed by atoms with van der Waals surface area (Å²) in [4.78, 5) is 0. The van der Waals surface area contributed by atoms with Gasteiger partial charge in [0.1, 0.15) is 0 Å². The maximum absolute atomic E-state index is 3.50. The number of benzene rings is 2. The Balaban J connectivity index is 0.000000682. The van der Waals surface area contributed by atoms with Crippen LogP contribution in [0, 0.1) is 12.1 Å². The van der Waals surface area contributed by atoms with Gasteiger partial charge in [0, 0.05) is 0 Å². The van der Waals surface area contributed by atoms with E-state index in [2.05, 4.69) is 161 Å². The quantitative estimate of drug-likeness (QED) is 0.209. The summed E-state index contributed by atoms with van der Waals surface area (Å²) < 4.78 is 0. The predicted octanol–water partition coefficient (Wildman–Crippen LogP) is 10.8. The van der Waals surface area contributed by atoms with Gasteiger partial charge < -0.3 is 0 Å². The first-order valence-corrected chi connectivity index (χ1v) is 13.8. The van der Waals surface area contributed by atoms with Crippen LogP contribution in [0.5, 0.6) is 0 Å². The van der Waals surface area contributed by atoms with Crippen LogP contribution < -0.4 is 0 Å². The summed E-state index contributed by atoms with van der Waals surface area (Å²) in [5, 5.41) is 0. The molecule has 0 unspecified atom stereocenters. The van der Waals surface area contributed by atoms with Crippen molar-refractivity contribution >= 4 is 0 Å². The van der Waals surface area contributed by atoms with E-state index in [0.29, 0.717) is 0 Å². The van der Waals surface area contributed by atoms with Crippen molar-refractivity contribution in [3.63, 3.8) is 0 Å². The molecule has 212 valence electrons. The van der Waals surface area contributed by atoms with E-state index >= 15 is 0 Å². The molecule has 37 heavy (non-hydrogen) atoms. The Labute approximate surface area is 246 Å². The van der Waals surface area contributed by atoms with Crippen LogP contribution in [0.2, 0.25) is 0 Å². The third kappa shape index (κ3) is 9.66. The first-order valence-electron chi connectivity index (χ1n) is 13.8. The fourth-order valence-electron chi connectivity index (χ4n) is 4.99. The first kappa shape index (κ1) is 36.1. The molecular weight excluding hydrogens is 539 g/mol. The van der Waals surface area contributed by atoms with Crippen LogP contribution in [0.15, 0.2) is 24.3 Å². The van der Waals surface area contributed by atoms with Crippen molar-refractivity contribution in [2.75, 3.05) is 0 Å². The van der Waals surface area contributed by atoms with Crippen molar-refractivity contribution in [3.05, 3.63) is 69.8 Å². The van der Waals surface area contributed by atoms with Crippen LogP contribution in [-0.4, -0.2) is 0 Å². The zero-order valence-corrected chi connectivity index (χ0v) is 29.2. The van der Waals surface area contributed by atoms with Gasteiger partial charge in [0.2, 0.25) is 0 Å². The molecule has 0 aromatic heterocycles. The zero-order valence-electron chi connectivity index (χ0n) is 27.6. The minimum atomic E-state index is 0. The molecular formula is C36H58Pd. The zero-order chi connectivity index (χ0) is 28.7. The molecule has 0 amide bonds. The minimum absolute atomic E-state index is 0. The molecule has 2 aromatic carbocycles. The second-order valence-electron chi connectivity index (χ2n) is 16.8. The Bertz CT molecular complexity index is 861. The van der Waals surface area contributed by atoms with Crippen molar-refractivity contribution < 1.29 is 20.4 Å². The summed E-state index contributed by atoms with van der Waals surface area (Å²) in [6.45, 7) is 41.3. The monoisotopic (exact) mass is 596 g/mol. The van der Waals surface area contributed by atoms with E-state index in [9.17, 15) is 0 Å². The smallest absolute Gasteiger partial charge is 0.180 e. The molecule has 0 aliphatic rings. The van der Waals surface area contributed by atoms with Crippen LogP contribution in [-0.2, 0) is 52.9 Å². The van der Waals surface area contributed by atoms with Crippen molar-refractivity contribution in [1.82, 2.24) is 0 Å². The molecule has 0 bridgehead atoms. The van der Waals surface area contributed by atoms with Crippen molar-refractivity contribution in [2.24, 2.45) is 0 Å². The maximum atomic E-state index is 3.50. The summed E-state index contributed by atoms with van der Waals surface area (Å²) in [5.41, 5.74) is 9.55. The van der Waals surface area contributed by atoms with Gasteiger partial charge in [-0.25, -0.2) is 0 Å². The third-order valence-electron chi connectivity index (χ3n) is 6.61. The number of hydrogen-bond donors (Lipinski definition) is 0. The third-order valence-corrected chi connectivity index (χ3v) is 6.61. The molecule has 2 aromatic rings. The van der Waals surface area contributed by atoms with Crippen LogP contribution in [0.25, 0.3) is 0 Å². The average molecular weight is 597 g/mol. The van der Waals surface area contributed by atoms with Gasteiger partial charge >= 0.3 is 20.4 Å². The Morgan fingerprint density at radius 2 is 0.622 bits per heavy atom. The van der Waals surface area contributed by atoms with Gasteiger partial charge in [-0.15, -0.1) is 22.3 Å². The van der Waals surface area contributed by atoms with Crippen molar-refractivity contribution in [1.29, 1.82) is 0 Å². The van der Waals surface area contributed by atoms with E-state index in [1.807, 2.05) is 0 Å². The molecule has 2 rings (SSSR count).